The molecule has 3 fully saturated rings. The zero-order valence-corrected chi connectivity index (χ0v) is 15.9. The highest BCUT2D eigenvalue weighted by Gasteiger charge is 2.61. The van der Waals surface area contributed by atoms with Crippen LogP contribution in [0.25, 0.3) is 0 Å². The summed E-state index contributed by atoms with van der Waals surface area (Å²) >= 11 is 0. The number of hydrogen-bond acceptors (Lipinski definition) is 2. The molecule has 0 aromatic heterocycles. The van der Waals surface area contributed by atoms with Gasteiger partial charge in [0.05, 0.1) is 5.92 Å². The highest BCUT2D eigenvalue weighted by Crippen LogP contribution is 2.64. The van der Waals surface area contributed by atoms with E-state index in [0.717, 1.165) is 44.4 Å². The number of fused-ring (bicyclic) bond motifs is 5. The van der Waals surface area contributed by atoms with Crippen LogP contribution in [0, 0.1) is 60.7 Å². The van der Waals surface area contributed by atoms with E-state index in [1.807, 2.05) is 37.8 Å². The fourth-order valence-electron chi connectivity index (χ4n) is 6.42. The van der Waals surface area contributed by atoms with Crippen LogP contribution in [-0.2, 0) is 6.42 Å². The molecule has 4 aliphatic carbocycles. The van der Waals surface area contributed by atoms with Crippen molar-refractivity contribution in [2.75, 3.05) is 0 Å². The summed E-state index contributed by atoms with van der Waals surface area (Å²) in [5, 5.41) is 21.4. The van der Waals surface area contributed by atoms with Gasteiger partial charge in [-0.2, -0.15) is 0 Å². The van der Waals surface area contributed by atoms with E-state index in [4.69, 9.17) is 0 Å². The standard InChI is InChI=1S/C25H27O2/c1-24-13-11-21-20-9-7-19(26)16-18(20)6-8-22(21)23(24)12-15-25(24,27)14-10-17-4-2-3-5-17/h2-5,7,9,16,21-23,26-27H,6,8,11-13,15H2,1H3/t21?,22?,23?,24-,25-/m0/s1. The lowest BCUT2D eigenvalue weighted by atomic mass is 9.53. The first-order valence-electron chi connectivity index (χ1n) is 10.3. The third-order valence-electron chi connectivity index (χ3n) is 7.94. The van der Waals surface area contributed by atoms with E-state index < -0.39 is 5.60 Å². The van der Waals surface area contributed by atoms with Gasteiger partial charge in [-0.05, 0) is 105 Å². The van der Waals surface area contributed by atoms with Crippen LogP contribution in [0.2, 0.25) is 0 Å². The molecule has 0 bridgehead atoms. The number of phenols is 1. The fraction of sp³-hybridized carbons (Fsp3) is 0.480. The summed E-state index contributed by atoms with van der Waals surface area (Å²) in [6, 6.07) is 5.93. The van der Waals surface area contributed by atoms with Gasteiger partial charge >= 0.3 is 0 Å². The Morgan fingerprint density at radius 3 is 2.70 bits per heavy atom. The van der Waals surface area contributed by atoms with Gasteiger partial charge in [-0.15, -0.1) is 0 Å². The maximum Gasteiger partial charge on any atom is 0.131 e. The summed E-state index contributed by atoms with van der Waals surface area (Å²) in [7, 11) is 0. The van der Waals surface area contributed by atoms with Gasteiger partial charge in [0, 0.05) is 5.41 Å². The molecule has 139 valence electrons. The van der Waals surface area contributed by atoms with Crippen molar-refractivity contribution in [3.8, 4) is 17.6 Å². The van der Waals surface area contributed by atoms with Gasteiger partial charge in [-0.1, -0.05) is 24.8 Å². The Labute approximate surface area is 163 Å². The molecule has 0 heterocycles. The summed E-state index contributed by atoms with van der Waals surface area (Å²) < 4.78 is 0. The molecular formula is C25H27O2. The fourth-order valence-corrected chi connectivity index (χ4v) is 6.42. The van der Waals surface area contributed by atoms with Crippen LogP contribution in [0.4, 0.5) is 0 Å². The second kappa shape index (κ2) is 6.28. The van der Waals surface area contributed by atoms with E-state index in [1.54, 1.807) is 0 Å². The van der Waals surface area contributed by atoms with Gasteiger partial charge < -0.3 is 10.2 Å². The maximum atomic E-state index is 11.6. The Bertz CT molecular complexity index is 796. The van der Waals surface area contributed by atoms with E-state index in [-0.39, 0.29) is 5.41 Å². The van der Waals surface area contributed by atoms with Crippen molar-refractivity contribution in [3.63, 3.8) is 0 Å². The largest absolute Gasteiger partial charge is 0.508 e. The van der Waals surface area contributed by atoms with Gasteiger partial charge in [0.25, 0.3) is 0 Å². The molecule has 4 aliphatic rings. The number of phenolic OH excluding ortho intramolecular Hbond substituents is 1. The van der Waals surface area contributed by atoms with Crippen molar-refractivity contribution in [3.05, 3.63) is 60.9 Å². The highest BCUT2D eigenvalue weighted by atomic mass is 16.3. The van der Waals surface area contributed by atoms with E-state index in [2.05, 4.69) is 24.8 Å². The Morgan fingerprint density at radius 2 is 1.89 bits per heavy atom. The van der Waals surface area contributed by atoms with E-state index >= 15 is 0 Å². The third-order valence-corrected chi connectivity index (χ3v) is 7.94. The minimum atomic E-state index is -0.880. The summed E-state index contributed by atoms with van der Waals surface area (Å²) in [6.45, 7) is 2.28. The average Bonchev–Trinajstić information content (AvgIpc) is 3.26. The van der Waals surface area contributed by atoms with Crippen LogP contribution in [0.15, 0.2) is 18.2 Å². The number of aryl methyl sites for hydroxylation is 1. The molecule has 27 heavy (non-hydrogen) atoms. The average molecular weight is 359 g/mol. The van der Waals surface area contributed by atoms with Crippen molar-refractivity contribution < 1.29 is 10.2 Å². The molecule has 2 heteroatoms. The van der Waals surface area contributed by atoms with E-state index in [1.165, 1.54) is 11.1 Å². The number of aliphatic hydroxyl groups is 1. The SMILES string of the molecule is C[C@]12CCC3c4ccc(O)cc4CCC3C1CC[C@@]2(O)C#C[C]1[CH][CH][CH][CH]1. The van der Waals surface area contributed by atoms with Crippen molar-refractivity contribution >= 4 is 0 Å². The summed E-state index contributed by atoms with van der Waals surface area (Å²) in [4.78, 5) is 0. The van der Waals surface area contributed by atoms with Crippen LogP contribution in [0.5, 0.6) is 5.75 Å². The minimum Gasteiger partial charge on any atom is -0.508 e. The molecule has 2 nitrogen and oxygen atoms in total. The van der Waals surface area contributed by atoms with Crippen LogP contribution >= 0.6 is 0 Å². The Morgan fingerprint density at radius 1 is 1.07 bits per heavy atom. The number of aromatic hydroxyl groups is 1. The van der Waals surface area contributed by atoms with Crippen molar-refractivity contribution in [1.82, 2.24) is 0 Å². The summed E-state index contributed by atoms with van der Waals surface area (Å²) in [5.74, 6) is 9.62. The topological polar surface area (TPSA) is 40.5 Å². The molecule has 0 saturated heterocycles. The smallest absolute Gasteiger partial charge is 0.131 e. The maximum absolute atomic E-state index is 11.6. The van der Waals surface area contributed by atoms with E-state index in [9.17, 15) is 10.2 Å². The molecule has 0 aliphatic heterocycles. The third kappa shape index (κ3) is 2.65. The normalized spacial score (nSPS) is 40.6. The predicted octanol–water partition coefficient (Wildman–Crippen LogP) is 4.39. The van der Waals surface area contributed by atoms with Crippen molar-refractivity contribution in [2.24, 2.45) is 17.3 Å². The zero-order valence-electron chi connectivity index (χ0n) is 15.9. The molecule has 1 aromatic rings. The first-order valence-corrected chi connectivity index (χ1v) is 10.3. The van der Waals surface area contributed by atoms with Crippen LogP contribution in [0.1, 0.15) is 56.1 Å². The summed E-state index contributed by atoms with van der Waals surface area (Å²) in [6.07, 6.45) is 14.2. The quantitative estimate of drug-likeness (QED) is 0.675. The first-order chi connectivity index (χ1) is 13.0. The molecule has 0 spiro atoms. The predicted molar refractivity (Wildman–Crippen MR) is 106 cm³/mol. The lowest BCUT2D eigenvalue weighted by Crippen LogP contribution is -2.50. The van der Waals surface area contributed by atoms with Crippen molar-refractivity contribution in [1.29, 1.82) is 0 Å². The zero-order chi connectivity index (χ0) is 18.6. The Hall–Kier alpha value is -1.46. The van der Waals surface area contributed by atoms with Crippen LogP contribution in [0.3, 0.4) is 0 Å². The lowest BCUT2D eigenvalue weighted by molar-refractivity contribution is -0.0648. The van der Waals surface area contributed by atoms with Crippen molar-refractivity contribution in [2.45, 2.75) is 57.0 Å². The first kappa shape index (κ1) is 17.6. The van der Waals surface area contributed by atoms with Gasteiger partial charge in [0.15, 0.2) is 0 Å². The molecule has 5 radical (unpaired) electrons. The second-order valence-electron chi connectivity index (χ2n) is 9.08. The molecular weight excluding hydrogens is 332 g/mol. The van der Waals surface area contributed by atoms with Gasteiger partial charge in [-0.3, -0.25) is 0 Å². The highest BCUT2D eigenvalue weighted by molar-refractivity contribution is 5.48. The van der Waals surface area contributed by atoms with Gasteiger partial charge in [0.1, 0.15) is 11.4 Å². The van der Waals surface area contributed by atoms with Crippen LogP contribution < -0.4 is 0 Å². The Balaban J connectivity index is 1.43. The van der Waals surface area contributed by atoms with Gasteiger partial charge in [0.2, 0.25) is 0 Å². The van der Waals surface area contributed by atoms with E-state index in [0.29, 0.717) is 23.5 Å². The molecule has 3 unspecified atom stereocenters. The van der Waals surface area contributed by atoms with Gasteiger partial charge in [-0.25, -0.2) is 0 Å². The molecule has 5 atom stereocenters. The molecule has 0 amide bonds. The molecule has 2 N–H and O–H groups in total. The van der Waals surface area contributed by atoms with Crippen LogP contribution in [-0.4, -0.2) is 15.8 Å². The lowest BCUT2D eigenvalue weighted by Gasteiger charge is -2.52. The summed E-state index contributed by atoms with van der Waals surface area (Å²) in [5.41, 5.74) is 1.76. The second-order valence-corrected chi connectivity index (χ2v) is 9.08. The molecule has 5 rings (SSSR count). The Kier molecular flexibility index (Phi) is 4.10. The minimum absolute atomic E-state index is 0.123. The molecule has 1 aromatic carbocycles. The number of benzene rings is 1. The monoisotopic (exact) mass is 359 g/mol. The molecule has 3 saturated carbocycles. The number of hydrogen-bond donors (Lipinski definition) is 2. The number of rotatable bonds is 0.